The molecule has 0 spiro atoms. The van der Waals surface area contributed by atoms with Crippen molar-refractivity contribution >= 4 is 17.9 Å². The quantitative estimate of drug-likeness (QED) is 0.621. The first-order valence-electron chi connectivity index (χ1n) is 6.55. The number of carbonyl (C=O) groups is 3. The van der Waals surface area contributed by atoms with Crippen molar-refractivity contribution in [1.82, 2.24) is 15.8 Å². The Labute approximate surface area is 123 Å². The SMILES string of the molecule is CCOC(=O)CNC(=O)N(Cc1ccccc1)NC(C)=O. The van der Waals surface area contributed by atoms with Gasteiger partial charge in [-0.05, 0) is 12.5 Å². The maximum Gasteiger partial charge on any atom is 0.336 e. The maximum atomic E-state index is 12.0. The first-order valence-corrected chi connectivity index (χ1v) is 6.55. The molecule has 2 N–H and O–H groups in total. The Bertz CT molecular complexity index is 490. The van der Waals surface area contributed by atoms with Gasteiger partial charge in [0, 0.05) is 6.92 Å². The number of rotatable bonds is 5. The fraction of sp³-hybridized carbons (Fsp3) is 0.357. The van der Waals surface area contributed by atoms with Crippen LogP contribution in [0.25, 0.3) is 0 Å². The lowest BCUT2D eigenvalue weighted by Gasteiger charge is -2.22. The van der Waals surface area contributed by atoms with Gasteiger partial charge >= 0.3 is 12.0 Å². The molecule has 0 aliphatic carbocycles. The largest absolute Gasteiger partial charge is 0.465 e. The van der Waals surface area contributed by atoms with Gasteiger partial charge in [-0.3, -0.25) is 15.0 Å². The molecule has 0 saturated carbocycles. The molecule has 0 saturated heterocycles. The molecule has 0 radical (unpaired) electrons. The summed E-state index contributed by atoms with van der Waals surface area (Å²) in [5.74, 6) is -0.912. The van der Waals surface area contributed by atoms with Gasteiger partial charge in [-0.25, -0.2) is 9.80 Å². The molecular formula is C14H19N3O4. The Morgan fingerprint density at radius 1 is 1.19 bits per heavy atom. The zero-order chi connectivity index (χ0) is 15.7. The van der Waals surface area contributed by atoms with Crippen LogP contribution in [0.5, 0.6) is 0 Å². The molecule has 0 aliphatic heterocycles. The standard InChI is InChI=1S/C14H19N3O4/c1-3-21-13(19)9-15-14(20)17(16-11(2)18)10-12-7-5-4-6-8-12/h4-8H,3,9-10H2,1-2H3,(H,15,20)(H,16,18). The normalized spacial score (nSPS) is 9.62. The summed E-state index contributed by atoms with van der Waals surface area (Å²) in [4.78, 5) is 34.4. The van der Waals surface area contributed by atoms with E-state index in [0.717, 1.165) is 10.6 Å². The molecule has 21 heavy (non-hydrogen) atoms. The third kappa shape index (κ3) is 6.42. The molecule has 0 heterocycles. The monoisotopic (exact) mass is 293 g/mol. The second kappa shape index (κ2) is 8.57. The lowest BCUT2D eigenvalue weighted by molar-refractivity contribution is -0.141. The smallest absolute Gasteiger partial charge is 0.336 e. The topological polar surface area (TPSA) is 87.7 Å². The van der Waals surface area contributed by atoms with Gasteiger partial charge in [0.15, 0.2) is 0 Å². The van der Waals surface area contributed by atoms with Crippen LogP contribution < -0.4 is 10.7 Å². The first kappa shape index (κ1) is 16.5. The van der Waals surface area contributed by atoms with E-state index < -0.39 is 12.0 Å². The lowest BCUT2D eigenvalue weighted by atomic mass is 10.2. The zero-order valence-corrected chi connectivity index (χ0v) is 12.1. The fourth-order valence-electron chi connectivity index (χ4n) is 1.57. The molecule has 0 aromatic heterocycles. The van der Waals surface area contributed by atoms with Gasteiger partial charge < -0.3 is 10.1 Å². The number of benzene rings is 1. The predicted octanol–water partition coefficient (Wildman–Crippen LogP) is 0.812. The first-order chi connectivity index (χ1) is 10.0. The minimum absolute atomic E-state index is 0.190. The van der Waals surface area contributed by atoms with E-state index in [2.05, 4.69) is 10.7 Å². The molecule has 3 amide bonds. The van der Waals surface area contributed by atoms with Crippen molar-refractivity contribution in [3.63, 3.8) is 0 Å². The Hall–Kier alpha value is -2.57. The van der Waals surface area contributed by atoms with Crippen LogP contribution in [0.3, 0.4) is 0 Å². The van der Waals surface area contributed by atoms with E-state index in [4.69, 9.17) is 4.74 Å². The summed E-state index contributed by atoms with van der Waals surface area (Å²) in [6.07, 6.45) is 0. The summed E-state index contributed by atoms with van der Waals surface area (Å²) >= 11 is 0. The summed E-state index contributed by atoms with van der Waals surface area (Å²) in [5.41, 5.74) is 3.26. The number of hydrazine groups is 1. The summed E-state index contributed by atoms with van der Waals surface area (Å²) in [7, 11) is 0. The molecule has 0 unspecified atom stereocenters. The second-order valence-electron chi connectivity index (χ2n) is 4.20. The van der Waals surface area contributed by atoms with Gasteiger partial charge in [0.1, 0.15) is 6.54 Å². The van der Waals surface area contributed by atoms with Gasteiger partial charge in [-0.15, -0.1) is 0 Å². The Morgan fingerprint density at radius 2 is 1.86 bits per heavy atom. The van der Waals surface area contributed by atoms with E-state index in [0.29, 0.717) is 0 Å². The molecule has 1 aromatic carbocycles. The summed E-state index contributed by atoms with van der Waals surface area (Å²) in [6.45, 7) is 3.16. The van der Waals surface area contributed by atoms with Crippen LogP contribution in [0.1, 0.15) is 19.4 Å². The van der Waals surface area contributed by atoms with Gasteiger partial charge in [0.2, 0.25) is 5.91 Å². The molecule has 114 valence electrons. The van der Waals surface area contributed by atoms with Crippen LogP contribution in [0.15, 0.2) is 30.3 Å². The summed E-state index contributed by atoms with van der Waals surface area (Å²) in [6, 6.07) is 8.59. The van der Waals surface area contributed by atoms with Crippen LogP contribution >= 0.6 is 0 Å². The summed E-state index contributed by atoms with van der Waals surface area (Å²) < 4.78 is 4.71. The van der Waals surface area contributed by atoms with E-state index >= 15 is 0 Å². The van der Waals surface area contributed by atoms with Gasteiger partial charge in [0.05, 0.1) is 13.2 Å². The average Bonchev–Trinajstić information content (AvgIpc) is 2.45. The van der Waals surface area contributed by atoms with Crippen LogP contribution in [-0.4, -0.2) is 36.1 Å². The number of amides is 3. The average molecular weight is 293 g/mol. The van der Waals surface area contributed by atoms with Crippen molar-refractivity contribution in [1.29, 1.82) is 0 Å². The molecule has 0 aliphatic rings. The van der Waals surface area contributed by atoms with E-state index in [9.17, 15) is 14.4 Å². The van der Waals surface area contributed by atoms with E-state index in [1.165, 1.54) is 6.92 Å². The van der Waals surface area contributed by atoms with Crippen molar-refractivity contribution in [3.05, 3.63) is 35.9 Å². The van der Waals surface area contributed by atoms with Crippen molar-refractivity contribution in [3.8, 4) is 0 Å². The number of esters is 1. The third-order valence-corrected chi connectivity index (χ3v) is 2.41. The zero-order valence-electron chi connectivity index (χ0n) is 12.1. The van der Waals surface area contributed by atoms with Crippen LogP contribution in [0.2, 0.25) is 0 Å². The molecule has 0 bridgehead atoms. The number of hydrogen-bond donors (Lipinski definition) is 2. The highest BCUT2D eigenvalue weighted by Crippen LogP contribution is 2.02. The molecule has 1 aromatic rings. The number of ether oxygens (including phenoxy) is 1. The van der Waals surface area contributed by atoms with Gasteiger partial charge in [-0.1, -0.05) is 30.3 Å². The number of nitrogens with one attached hydrogen (secondary N) is 2. The van der Waals surface area contributed by atoms with Crippen LogP contribution in [0.4, 0.5) is 4.79 Å². The molecule has 7 heteroatoms. The Morgan fingerprint density at radius 3 is 2.43 bits per heavy atom. The molecular weight excluding hydrogens is 274 g/mol. The van der Waals surface area contributed by atoms with Crippen molar-refractivity contribution in [2.75, 3.05) is 13.2 Å². The molecule has 7 nitrogen and oxygen atoms in total. The molecule has 0 fully saturated rings. The minimum atomic E-state index is -0.581. The van der Waals surface area contributed by atoms with E-state index in [1.54, 1.807) is 6.92 Å². The Balaban J connectivity index is 2.62. The van der Waals surface area contributed by atoms with Crippen molar-refractivity contribution in [2.45, 2.75) is 20.4 Å². The highest BCUT2D eigenvalue weighted by Gasteiger charge is 2.16. The van der Waals surface area contributed by atoms with Crippen molar-refractivity contribution in [2.24, 2.45) is 0 Å². The van der Waals surface area contributed by atoms with Crippen molar-refractivity contribution < 1.29 is 19.1 Å². The van der Waals surface area contributed by atoms with E-state index in [-0.39, 0.29) is 25.6 Å². The molecule has 0 atom stereocenters. The minimum Gasteiger partial charge on any atom is -0.465 e. The van der Waals surface area contributed by atoms with Gasteiger partial charge in [0.25, 0.3) is 0 Å². The fourth-order valence-corrected chi connectivity index (χ4v) is 1.57. The van der Waals surface area contributed by atoms with Gasteiger partial charge in [-0.2, -0.15) is 0 Å². The second-order valence-corrected chi connectivity index (χ2v) is 4.20. The number of urea groups is 1. The highest BCUT2D eigenvalue weighted by atomic mass is 16.5. The number of nitrogens with zero attached hydrogens (tertiary/aromatic N) is 1. The van der Waals surface area contributed by atoms with Crippen LogP contribution in [0, 0.1) is 0 Å². The highest BCUT2D eigenvalue weighted by molar-refractivity contribution is 5.83. The lowest BCUT2D eigenvalue weighted by Crippen LogP contribution is -2.50. The Kier molecular flexibility index (Phi) is 6.73. The summed E-state index contributed by atoms with van der Waals surface area (Å²) in [5, 5.41) is 3.50. The van der Waals surface area contributed by atoms with E-state index in [1.807, 2.05) is 30.3 Å². The number of hydrogen-bond acceptors (Lipinski definition) is 4. The van der Waals surface area contributed by atoms with Crippen LogP contribution in [-0.2, 0) is 20.9 Å². The third-order valence-electron chi connectivity index (χ3n) is 2.41. The molecule has 1 rings (SSSR count). The predicted molar refractivity (Wildman–Crippen MR) is 75.8 cm³/mol. The maximum absolute atomic E-state index is 12.0. The number of carbonyl (C=O) groups excluding carboxylic acids is 3.